The number of hydrogen-bond donors (Lipinski definition) is 1. The van der Waals surface area contributed by atoms with Gasteiger partial charge in [0, 0.05) is 21.0 Å². The molecule has 2 aromatic carbocycles. The first-order valence-electron chi connectivity index (χ1n) is 10.6. The third kappa shape index (κ3) is 3.79. The second-order valence-corrected chi connectivity index (χ2v) is 9.50. The molecule has 0 saturated carbocycles. The van der Waals surface area contributed by atoms with Crippen molar-refractivity contribution in [2.45, 2.75) is 39.3 Å². The quantitative estimate of drug-likeness (QED) is 0.427. The molecule has 0 aliphatic carbocycles. The molecule has 0 amide bonds. The van der Waals surface area contributed by atoms with Crippen LogP contribution in [0.2, 0.25) is 5.02 Å². The molecular weight excluding hydrogens is 440 g/mol. The Morgan fingerprint density at radius 3 is 2.50 bits per heavy atom. The van der Waals surface area contributed by atoms with Gasteiger partial charge in [-0.15, -0.1) is 21.5 Å². The van der Waals surface area contributed by atoms with Crippen LogP contribution in [-0.4, -0.2) is 25.6 Å². The average molecular weight is 463 g/mol. The molecule has 32 heavy (non-hydrogen) atoms. The van der Waals surface area contributed by atoms with Crippen molar-refractivity contribution in [3.8, 4) is 5.00 Å². The normalized spacial score (nSPS) is 15.1. The van der Waals surface area contributed by atoms with Crippen molar-refractivity contribution >= 4 is 28.6 Å². The maximum absolute atomic E-state index is 9.26. The average Bonchev–Trinajstić information content (AvgIpc) is 3.37. The molecule has 0 saturated heterocycles. The zero-order valence-corrected chi connectivity index (χ0v) is 19.5. The van der Waals surface area contributed by atoms with Gasteiger partial charge in [-0.2, -0.15) is 0 Å². The van der Waals surface area contributed by atoms with Crippen LogP contribution in [0, 0.1) is 6.92 Å². The number of halogens is 1. The first kappa shape index (κ1) is 21.1. The van der Waals surface area contributed by atoms with Crippen LogP contribution < -0.4 is 0 Å². The van der Waals surface area contributed by atoms with Crippen molar-refractivity contribution < 1.29 is 5.11 Å². The predicted octanol–water partition coefficient (Wildman–Crippen LogP) is 5.48. The molecule has 1 atom stereocenters. The number of nitrogens with zero attached hydrogens (tertiary/aromatic N) is 4. The van der Waals surface area contributed by atoms with Crippen molar-refractivity contribution in [2.24, 2.45) is 4.99 Å². The van der Waals surface area contributed by atoms with Gasteiger partial charge >= 0.3 is 0 Å². The van der Waals surface area contributed by atoms with E-state index in [1.165, 1.54) is 10.4 Å². The van der Waals surface area contributed by atoms with Gasteiger partial charge in [0.25, 0.3) is 0 Å². The van der Waals surface area contributed by atoms with E-state index >= 15 is 0 Å². The fourth-order valence-electron chi connectivity index (χ4n) is 4.06. The van der Waals surface area contributed by atoms with Crippen molar-refractivity contribution in [3.63, 3.8) is 0 Å². The highest BCUT2D eigenvalue weighted by molar-refractivity contribution is 7.15. The third-order valence-corrected chi connectivity index (χ3v) is 7.27. The Kier molecular flexibility index (Phi) is 5.67. The molecule has 4 aromatic rings. The van der Waals surface area contributed by atoms with Gasteiger partial charge in [-0.1, -0.05) is 54.1 Å². The van der Waals surface area contributed by atoms with E-state index < -0.39 is 0 Å². The topological polar surface area (TPSA) is 63.3 Å². The zero-order chi connectivity index (χ0) is 22.2. The second kappa shape index (κ2) is 8.62. The van der Waals surface area contributed by atoms with E-state index in [9.17, 15) is 5.11 Å². The number of aromatic nitrogens is 3. The molecule has 1 N–H and O–H groups in total. The van der Waals surface area contributed by atoms with E-state index in [1.54, 1.807) is 11.3 Å². The Hall–Kier alpha value is -2.80. The fourth-order valence-corrected chi connectivity index (χ4v) is 5.50. The minimum absolute atomic E-state index is 0.0706. The fraction of sp³-hybridized carbons (Fsp3) is 0.240. The minimum Gasteiger partial charge on any atom is -0.392 e. The number of aryl methyl sites for hydroxylation is 3. The number of fused-ring (bicyclic) bond motifs is 3. The van der Waals surface area contributed by atoms with Crippen LogP contribution in [0.15, 0.2) is 59.6 Å². The van der Waals surface area contributed by atoms with Gasteiger partial charge in [-0.25, -0.2) is 0 Å². The van der Waals surface area contributed by atoms with E-state index in [-0.39, 0.29) is 12.6 Å². The lowest BCUT2D eigenvalue weighted by molar-refractivity contribution is 0.282. The number of thiophene rings is 1. The standard InChI is InChI=1S/C25H23ClN4OS/c1-15-24-29-28-16(2)30(24)25-21(23(27-15)20-5-3-4-6-22(20)26)13-19(32-25)12-11-17-7-9-18(14-31)10-8-17/h3-10,13,15,31H,11-12,14H2,1-2H3. The lowest BCUT2D eigenvalue weighted by atomic mass is 10.0. The lowest BCUT2D eigenvalue weighted by Crippen LogP contribution is -2.05. The summed E-state index contributed by atoms with van der Waals surface area (Å²) in [6, 6.07) is 18.1. The molecule has 1 aliphatic rings. The number of hydrogen-bond acceptors (Lipinski definition) is 5. The Bertz CT molecular complexity index is 1310. The molecule has 0 fully saturated rings. The van der Waals surface area contributed by atoms with E-state index in [2.05, 4.69) is 33.0 Å². The molecule has 3 heterocycles. The second-order valence-electron chi connectivity index (χ2n) is 7.98. The molecular formula is C25H23ClN4OS. The SMILES string of the molecule is Cc1nnc2n1-c1sc(CCc3ccc(CO)cc3)cc1C(c1ccccc1Cl)=NC2C. The molecule has 1 unspecified atom stereocenters. The summed E-state index contributed by atoms with van der Waals surface area (Å²) in [5.41, 5.74) is 5.09. The summed E-state index contributed by atoms with van der Waals surface area (Å²) in [4.78, 5) is 6.32. The molecule has 7 heteroatoms. The van der Waals surface area contributed by atoms with E-state index in [1.807, 2.05) is 50.2 Å². The first-order valence-corrected chi connectivity index (χ1v) is 11.8. The van der Waals surface area contributed by atoms with Gasteiger partial charge in [0.05, 0.1) is 12.3 Å². The largest absolute Gasteiger partial charge is 0.392 e. The molecule has 0 bridgehead atoms. The summed E-state index contributed by atoms with van der Waals surface area (Å²) in [5.74, 6) is 1.70. The zero-order valence-electron chi connectivity index (χ0n) is 17.9. The Morgan fingerprint density at radius 1 is 1.00 bits per heavy atom. The van der Waals surface area contributed by atoms with Crippen molar-refractivity contribution in [3.05, 3.63) is 98.4 Å². The lowest BCUT2D eigenvalue weighted by Gasteiger charge is -2.09. The van der Waals surface area contributed by atoms with Crippen LogP contribution in [0.3, 0.4) is 0 Å². The van der Waals surface area contributed by atoms with Gasteiger partial charge in [-0.05, 0) is 49.9 Å². The van der Waals surface area contributed by atoms with Crippen molar-refractivity contribution in [1.29, 1.82) is 0 Å². The summed E-state index contributed by atoms with van der Waals surface area (Å²) in [7, 11) is 0. The third-order valence-electron chi connectivity index (χ3n) is 5.76. The van der Waals surface area contributed by atoms with Crippen LogP contribution in [0.5, 0.6) is 0 Å². The number of benzene rings is 2. The summed E-state index contributed by atoms with van der Waals surface area (Å²) >= 11 is 8.35. The summed E-state index contributed by atoms with van der Waals surface area (Å²) in [6.45, 7) is 4.10. The highest BCUT2D eigenvalue weighted by Crippen LogP contribution is 2.37. The van der Waals surface area contributed by atoms with E-state index in [0.717, 1.165) is 51.9 Å². The molecule has 1 aliphatic heterocycles. The molecule has 5 nitrogen and oxygen atoms in total. The number of aliphatic hydroxyl groups excluding tert-OH is 1. The predicted molar refractivity (Wildman–Crippen MR) is 129 cm³/mol. The molecule has 0 radical (unpaired) electrons. The summed E-state index contributed by atoms with van der Waals surface area (Å²) in [6.07, 6.45) is 1.84. The Morgan fingerprint density at radius 2 is 1.75 bits per heavy atom. The number of rotatable bonds is 5. The van der Waals surface area contributed by atoms with Gasteiger partial charge in [0.1, 0.15) is 16.9 Å². The molecule has 162 valence electrons. The highest BCUT2D eigenvalue weighted by Gasteiger charge is 2.28. The number of aliphatic hydroxyl groups is 1. The molecule has 0 spiro atoms. The van der Waals surface area contributed by atoms with Crippen LogP contribution >= 0.6 is 22.9 Å². The Balaban J connectivity index is 1.56. The van der Waals surface area contributed by atoms with Gasteiger partial charge in [0.2, 0.25) is 0 Å². The van der Waals surface area contributed by atoms with E-state index in [4.69, 9.17) is 16.6 Å². The van der Waals surface area contributed by atoms with Crippen LogP contribution in [0.1, 0.15) is 51.7 Å². The highest BCUT2D eigenvalue weighted by atomic mass is 35.5. The maximum atomic E-state index is 9.26. The van der Waals surface area contributed by atoms with Crippen molar-refractivity contribution in [1.82, 2.24) is 14.8 Å². The molecule has 5 rings (SSSR count). The minimum atomic E-state index is -0.129. The van der Waals surface area contributed by atoms with Crippen molar-refractivity contribution in [2.75, 3.05) is 0 Å². The summed E-state index contributed by atoms with van der Waals surface area (Å²) in [5, 5.41) is 19.8. The smallest absolute Gasteiger partial charge is 0.162 e. The summed E-state index contributed by atoms with van der Waals surface area (Å²) < 4.78 is 2.14. The van der Waals surface area contributed by atoms with Gasteiger partial charge in [-0.3, -0.25) is 9.56 Å². The van der Waals surface area contributed by atoms with Crippen LogP contribution in [0.25, 0.3) is 5.00 Å². The van der Waals surface area contributed by atoms with Crippen LogP contribution in [-0.2, 0) is 19.4 Å². The van der Waals surface area contributed by atoms with Crippen LogP contribution in [0.4, 0.5) is 0 Å². The maximum Gasteiger partial charge on any atom is 0.162 e. The first-order chi connectivity index (χ1) is 15.5. The van der Waals surface area contributed by atoms with Gasteiger partial charge < -0.3 is 5.11 Å². The van der Waals surface area contributed by atoms with Gasteiger partial charge in [0.15, 0.2) is 5.82 Å². The monoisotopic (exact) mass is 462 g/mol. The molecule has 2 aromatic heterocycles. The van der Waals surface area contributed by atoms with E-state index in [0.29, 0.717) is 5.02 Å². The number of aliphatic imine (C=N–C) groups is 1. The Labute approximate surface area is 196 Å².